The Morgan fingerprint density at radius 1 is 1.04 bits per heavy atom. The van der Waals surface area contributed by atoms with Gasteiger partial charge >= 0.3 is 0 Å². The predicted molar refractivity (Wildman–Crippen MR) is 96.3 cm³/mol. The van der Waals surface area contributed by atoms with Crippen molar-refractivity contribution >= 4 is 5.52 Å². The van der Waals surface area contributed by atoms with Crippen molar-refractivity contribution < 1.29 is 4.74 Å². The minimum Gasteiger partial charge on any atom is -0.497 e. The summed E-state index contributed by atoms with van der Waals surface area (Å²) >= 11 is 0. The highest BCUT2D eigenvalue weighted by Gasteiger charge is 2.12. The van der Waals surface area contributed by atoms with Crippen LogP contribution in [0.5, 0.6) is 5.75 Å². The summed E-state index contributed by atoms with van der Waals surface area (Å²) in [6.07, 6.45) is 4.38. The van der Waals surface area contributed by atoms with E-state index in [4.69, 9.17) is 4.74 Å². The first-order chi connectivity index (χ1) is 11.2. The molecule has 2 aromatic heterocycles. The van der Waals surface area contributed by atoms with Crippen LogP contribution in [0.4, 0.5) is 0 Å². The van der Waals surface area contributed by atoms with Gasteiger partial charge in [-0.3, -0.25) is 0 Å². The van der Waals surface area contributed by atoms with Crippen molar-refractivity contribution in [2.45, 2.75) is 12.8 Å². The Balaban J connectivity index is 2.00. The van der Waals surface area contributed by atoms with Crippen LogP contribution in [0.3, 0.4) is 0 Å². The minimum atomic E-state index is 0.895. The van der Waals surface area contributed by atoms with E-state index in [9.17, 15) is 0 Å². The van der Waals surface area contributed by atoms with Gasteiger partial charge in [0.2, 0.25) is 0 Å². The lowest BCUT2D eigenvalue weighted by Crippen LogP contribution is -2.14. The van der Waals surface area contributed by atoms with Gasteiger partial charge in [-0.25, -0.2) is 0 Å². The van der Waals surface area contributed by atoms with E-state index in [1.54, 1.807) is 7.11 Å². The minimum absolute atomic E-state index is 0.895. The Hall–Kier alpha value is -2.26. The van der Waals surface area contributed by atoms with Crippen LogP contribution in [0.1, 0.15) is 12.1 Å². The summed E-state index contributed by atoms with van der Waals surface area (Å²) < 4.78 is 7.59. The molecule has 3 rings (SSSR count). The molecule has 2 heterocycles. The van der Waals surface area contributed by atoms with E-state index in [2.05, 4.69) is 66.0 Å². The molecule has 0 aliphatic rings. The summed E-state index contributed by atoms with van der Waals surface area (Å²) in [6, 6.07) is 17.0. The lowest BCUT2D eigenvalue weighted by molar-refractivity contribution is 0.399. The quantitative estimate of drug-likeness (QED) is 0.681. The number of ether oxygens (including phenoxy) is 1. The predicted octanol–water partition coefficient (Wildman–Crippen LogP) is 4.11. The molecule has 0 atom stereocenters. The first kappa shape index (κ1) is 15.6. The number of benzene rings is 1. The largest absolute Gasteiger partial charge is 0.497 e. The van der Waals surface area contributed by atoms with Crippen molar-refractivity contribution in [3.63, 3.8) is 0 Å². The zero-order valence-corrected chi connectivity index (χ0v) is 14.1. The third kappa shape index (κ3) is 3.40. The molecule has 0 radical (unpaired) electrons. The fourth-order valence-corrected chi connectivity index (χ4v) is 3.02. The highest BCUT2D eigenvalue weighted by atomic mass is 16.5. The number of fused-ring (bicyclic) bond motifs is 1. The Morgan fingerprint density at radius 2 is 1.83 bits per heavy atom. The molecule has 120 valence electrons. The van der Waals surface area contributed by atoms with Crippen LogP contribution in [-0.2, 0) is 6.42 Å². The van der Waals surface area contributed by atoms with E-state index in [-0.39, 0.29) is 0 Å². The molecule has 0 saturated heterocycles. The van der Waals surface area contributed by atoms with E-state index >= 15 is 0 Å². The Bertz CT molecular complexity index is 772. The van der Waals surface area contributed by atoms with Gasteiger partial charge in [-0.1, -0.05) is 18.2 Å². The lowest BCUT2D eigenvalue weighted by Gasteiger charge is -2.11. The summed E-state index contributed by atoms with van der Waals surface area (Å²) in [6.45, 7) is 1.10. The molecule has 0 spiro atoms. The summed E-state index contributed by atoms with van der Waals surface area (Å²) in [7, 11) is 5.95. The summed E-state index contributed by atoms with van der Waals surface area (Å²) in [5.41, 5.74) is 5.19. The monoisotopic (exact) mass is 308 g/mol. The maximum absolute atomic E-state index is 5.27. The highest BCUT2D eigenvalue weighted by molar-refractivity contribution is 5.74. The number of rotatable bonds is 6. The van der Waals surface area contributed by atoms with Crippen molar-refractivity contribution in [1.82, 2.24) is 9.30 Å². The van der Waals surface area contributed by atoms with E-state index in [0.717, 1.165) is 25.1 Å². The molecule has 1 aromatic carbocycles. The van der Waals surface area contributed by atoms with Crippen molar-refractivity contribution in [3.05, 3.63) is 60.4 Å². The van der Waals surface area contributed by atoms with E-state index in [0.29, 0.717) is 0 Å². The summed E-state index contributed by atoms with van der Waals surface area (Å²) in [4.78, 5) is 2.24. The molecule has 23 heavy (non-hydrogen) atoms. The normalized spacial score (nSPS) is 11.3. The Morgan fingerprint density at radius 3 is 2.52 bits per heavy atom. The smallest absolute Gasteiger partial charge is 0.118 e. The molecule has 3 nitrogen and oxygen atoms in total. The van der Waals surface area contributed by atoms with Crippen LogP contribution in [0, 0.1) is 0 Å². The Kier molecular flexibility index (Phi) is 4.68. The van der Waals surface area contributed by atoms with Crippen LogP contribution in [0.15, 0.2) is 54.7 Å². The molecular formula is C20H24N2O. The van der Waals surface area contributed by atoms with Gasteiger partial charge in [0.25, 0.3) is 0 Å². The number of aromatic nitrogens is 1. The fraction of sp³-hybridized carbons (Fsp3) is 0.300. The number of methoxy groups -OCH3 is 1. The maximum atomic E-state index is 5.27. The molecule has 3 aromatic rings. The van der Waals surface area contributed by atoms with E-state index in [1.807, 2.05) is 12.1 Å². The van der Waals surface area contributed by atoms with Crippen molar-refractivity contribution in [3.8, 4) is 16.9 Å². The topological polar surface area (TPSA) is 16.9 Å². The van der Waals surface area contributed by atoms with Gasteiger partial charge in [0.05, 0.1) is 7.11 Å². The van der Waals surface area contributed by atoms with Gasteiger partial charge in [-0.05, 0) is 69.4 Å². The lowest BCUT2D eigenvalue weighted by atomic mass is 10.0. The first-order valence-electron chi connectivity index (χ1n) is 8.07. The van der Waals surface area contributed by atoms with Gasteiger partial charge in [-0.2, -0.15) is 0 Å². The molecule has 0 aliphatic carbocycles. The molecule has 0 saturated carbocycles. The van der Waals surface area contributed by atoms with Crippen molar-refractivity contribution in [1.29, 1.82) is 0 Å². The van der Waals surface area contributed by atoms with Crippen LogP contribution in [-0.4, -0.2) is 37.1 Å². The highest BCUT2D eigenvalue weighted by Crippen LogP contribution is 2.30. The second-order valence-electron chi connectivity index (χ2n) is 6.14. The van der Waals surface area contributed by atoms with Crippen LogP contribution in [0.25, 0.3) is 16.6 Å². The molecule has 0 aliphatic heterocycles. The number of hydrogen-bond acceptors (Lipinski definition) is 2. The zero-order valence-electron chi connectivity index (χ0n) is 14.1. The zero-order chi connectivity index (χ0) is 16.2. The van der Waals surface area contributed by atoms with Gasteiger partial charge in [0.1, 0.15) is 5.75 Å². The third-order valence-electron chi connectivity index (χ3n) is 4.21. The second kappa shape index (κ2) is 6.88. The molecule has 0 fully saturated rings. The number of hydrogen-bond donors (Lipinski definition) is 0. The first-order valence-corrected chi connectivity index (χ1v) is 8.07. The van der Waals surface area contributed by atoms with E-state index in [1.165, 1.54) is 22.3 Å². The van der Waals surface area contributed by atoms with E-state index < -0.39 is 0 Å². The van der Waals surface area contributed by atoms with Gasteiger partial charge < -0.3 is 14.0 Å². The van der Waals surface area contributed by atoms with Crippen LogP contribution in [0.2, 0.25) is 0 Å². The van der Waals surface area contributed by atoms with Gasteiger partial charge in [0, 0.05) is 23.0 Å². The van der Waals surface area contributed by atoms with Gasteiger partial charge in [0.15, 0.2) is 0 Å². The van der Waals surface area contributed by atoms with Crippen molar-refractivity contribution in [2.24, 2.45) is 0 Å². The molecule has 0 bridgehead atoms. The number of aryl methyl sites for hydroxylation is 1. The fourth-order valence-electron chi connectivity index (χ4n) is 3.02. The third-order valence-corrected chi connectivity index (χ3v) is 4.21. The maximum Gasteiger partial charge on any atom is 0.118 e. The summed E-state index contributed by atoms with van der Waals surface area (Å²) in [5, 5.41) is 0. The molecular weight excluding hydrogens is 284 g/mol. The average molecular weight is 308 g/mol. The molecule has 3 heteroatoms. The second-order valence-corrected chi connectivity index (χ2v) is 6.14. The SMILES string of the molecule is COc1ccc(-c2cc3ccccn3c2CCCN(C)C)cc1. The summed E-state index contributed by atoms with van der Waals surface area (Å²) in [5.74, 6) is 0.895. The number of pyridine rings is 1. The average Bonchev–Trinajstić information content (AvgIpc) is 2.93. The molecule has 0 unspecified atom stereocenters. The number of nitrogens with zero attached hydrogens (tertiary/aromatic N) is 2. The molecule has 0 N–H and O–H groups in total. The van der Waals surface area contributed by atoms with Crippen LogP contribution < -0.4 is 4.74 Å². The standard InChI is InChI=1S/C20H24N2O/c1-21(2)13-6-8-20-19(15-17-7-4-5-14-22(17)20)16-9-11-18(23-3)12-10-16/h4-5,7,9-12,14-15H,6,8,13H2,1-3H3. The Labute approximate surface area is 138 Å². The van der Waals surface area contributed by atoms with Crippen molar-refractivity contribution in [2.75, 3.05) is 27.7 Å². The van der Waals surface area contributed by atoms with Gasteiger partial charge in [-0.15, -0.1) is 0 Å². The molecule has 0 amide bonds. The van der Waals surface area contributed by atoms with Crippen LogP contribution >= 0.6 is 0 Å².